The summed E-state index contributed by atoms with van der Waals surface area (Å²) in [5, 5.41) is 20.5. The molecule has 0 radical (unpaired) electrons. The fourth-order valence-electron chi connectivity index (χ4n) is 3.19. The lowest BCUT2D eigenvalue weighted by Gasteiger charge is -2.28. The van der Waals surface area contributed by atoms with Gasteiger partial charge in [-0.25, -0.2) is 9.86 Å². The molecule has 0 aromatic heterocycles. The van der Waals surface area contributed by atoms with Gasteiger partial charge < -0.3 is 5.11 Å². The minimum Gasteiger partial charge on any atom is -0.507 e. The first kappa shape index (κ1) is 21.0. The largest absolute Gasteiger partial charge is 0.507 e. The van der Waals surface area contributed by atoms with Crippen molar-refractivity contribution in [3.05, 3.63) is 34.4 Å². The predicted octanol–water partition coefficient (Wildman–Crippen LogP) is 4.04. The van der Waals surface area contributed by atoms with Gasteiger partial charge in [-0.1, -0.05) is 41.5 Å². The Morgan fingerprint density at radius 3 is 2.00 bits per heavy atom. The van der Waals surface area contributed by atoms with E-state index in [0.29, 0.717) is 17.1 Å². The second-order valence-corrected chi connectivity index (χ2v) is 9.15. The molecule has 1 heterocycles. The van der Waals surface area contributed by atoms with Gasteiger partial charge in [0.1, 0.15) is 5.75 Å². The molecule has 0 spiro atoms. The third-order valence-corrected chi connectivity index (χ3v) is 4.72. The average Bonchev–Trinajstić information content (AvgIpc) is 2.86. The normalized spacial score (nSPS) is 17.0. The molecular weight excluding hydrogens is 344 g/mol. The quantitative estimate of drug-likeness (QED) is 0.441. The molecule has 1 aromatic rings. The van der Waals surface area contributed by atoms with Crippen LogP contribution in [0.3, 0.4) is 0 Å². The van der Waals surface area contributed by atoms with Crippen molar-refractivity contribution in [2.24, 2.45) is 0 Å². The topological polar surface area (TPSA) is 81.1 Å². The molecule has 6 nitrogen and oxygen atoms in total. The highest BCUT2D eigenvalue weighted by Gasteiger charge is 2.33. The molecule has 0 unspecified atom stereocenters. The van der Waals surface area contributed by atoms with Gasteiger partial charge in [0.15, 0.2) is 0 Å². The zero-order chi connectivity index (χ0) is 20.7. The Bertz CT molecular complexity index is 760. The Morgan fingerprint density at radius 1 is 1.11 bits per heavy atom. The van der Waals surface area contributed by atoms with Gasteiger partial charge in [-0.2, -0.15) is 0 Å². The van der Waals surface area contributed by atoms with E-state index >= 15 is 0 Å². The second kappa shape index (κ2) is 7.00. The number of likely N-dealkylation sites (tertiary alicyclic amines) is 1. The standard InChI is InChI=1S/C21H30N2O4/c1-20(2,3)15-11-13(12-16(17(15)24)21(4,5)6)10-14-8-9-23(18(14)25)19(26)22(7)27/h10-12,24,27H,8-9H2,1-7H3/b14-10-. The molecule has 1 aliphatic rings. The fourth-order valence-corrected chi connectivity index (χ4v) is 3.19. The lowest BCUT2D eigenvalue weighted by molar-refractivity contribution is -0.124. The van der Waals surface area contributed by atoms with Crippen LogP contribution in [0.5, 0.6) is 5.75 Å². The third kappa shape index (κ3) is 4.33. The highest BCUT2D eigenvalue weighted by atomic mass is 16.5. The number of hydrogen-bond donors (Lipinski definition) is 2. The number of amides is 3. The maximum Gasteiger partial charge on any atom is 0.350 e. The molecule has 27 heavy (non-hydrogen) atoms. The summed E-state index contributed by atoms with van der Waals surface area (Å²) in [6.45, 7) is 12.4. The number of hydrogen-bond acceptors (Lipinski definition) is 4. The van der Waals surface area contributed by atoms with E-state index in [1.807, 2.05) is 53.7 Å². The van der Waals surface area contributed by atoms with Crippen LogP contribution in [0, 0.1) is 0 Å². The van der Waals surface area contributed by atoms with Gasteiger partial charge >= 0.3 is 6.03 Å². The summed E-state index contributed by atoms with van der Waals surface area (Å²) >= 11 is 0. The molecule has 1 fully saturated rings. The summed E-state index contributed by atoms with van der Waals surface area (Å²) in [7, 11) is 1.20. The van der Waals surface area contributed by atoms with Crippen LogP contribution in [0.2, 0.25) is 0 Å². The van der Waals surface area contributed by atoms with Crippen molar-refractivity contribution in [3.8, 4) is 5.75 Å². The monoisotopic (exact) mass is 374 g/mol. The van der Waals surface area contributed by atoms with E-state index in [9.17, 15) is 19.9 Å². The Labute approximate surface area is 161 Å². The Kier molecular flexibility index (Phi) is 5.44. The van der Waals surface area contributed by atoms with Crippen LogP contribution < -0.4 is 0 Å². The molecule has 0 saturated carbocycles. The van der Waals surface area contributed by atoms with Crippen molar-refractivity contribution in [2.75, 3.05) is 13.6 Å². The SMILES string of the molecule is CN(O)C(=O)N1CC/C(=C/c2cc(C(C)(C)C)c(O)c(C(C)(C)C)c2)C1=O. The number of urea groups is 1. The first-order valence-electron chi connectivity index (χ1n) is 9.10. The van der Waals surface area contributed by atoms with Gasteiger partial charge in [0.25, 0.3) is 5.91 Å². The van der Waals surface area contributed by atoms with Crippen LogP contribution in [-0.4, -0.2) is 45.8 Å². The lowest BCUT2D eigenvalue weighted by Crippen LogP contribution is -2.40. The molecule has 1 aliphatic heterocycles. The van der Waals surface area contributed by atoms with Gasteiger partial charge in [0.05, 0.1) is 0 Å². The number of hydroxylamine groups is 2. The summed E-state index contributed by atoms with van der Waals surface area (Å²) in [5.74, 6) is -0.114. The molecule has 6 heteroatoms. The summed E-state index contributed by atoms with van der Waals surface area (Å²) < 4.78 is 0. The van der Waals surface area contributed by atoms with Crippen molar-refractivity contribution in [2.45, 2.75) is 58.8 Å². The van der Waals surface area contributed by atoms with Crippen LogP contribution in [0.25, 0.3) is 6.08 Å². The number of nitrogens with zero attached hydrogens (tertiary/aromatic N) is 2. The van der Waals surface area contributed by atoms with Gasteiger partial charge in [-0.3, -0.25) is 14.9 Å². The Balaban J connectivity index is 2.52. The van der Waals surface area contributed by atoms with E-state index in [4.69, 9.17) is 0 Å². The summed E-state index contributed by atoms with van der Waals surface area (Å²) in [6.07, 6.45) is 2.20. The molecule has 1 aromatic carbocycles. The van der Waals surface area contributed by atoms with Gasteiger partial charge in [-0.05, 0) is 41.0 Å². The van der Waals surface area contributed by atoms with E-state index in [1.54, 1.807) is 6.08 Å². The van der Waals surface area contributed by atoms with Crippen molar-refractivity contribution >= 4 is 18.0 Å². The van der Waals surface area contributed by atoms with E-state index < -0.39 is 11.9 Å². The number of phenolic OH excluding ortho intramolecular Hbond substituents is 1. The van der Waals surface area contributed by atoms with Crippen molar-refractivity contribution in [1.29, 1.82) is 0 Å². The average molecular weight is 374 g/mol. The van der Waals surface area contributed by atoms with E-state index in [1.165, 1.54) is 7.05 Å². The van der Waals surface area contributed by atoms with Crippen LogP contribution in [0.1, 0.15) is 64.7 Å². The maximum atomic E-state index is 12.5. The molecule has 2 rings (SSSR count). The first-order valence-corrected chi connectivity index (χ1v) is 9.10. The van der Waals surface area contributed by atoms with Crippen LogP contribution in [0.4, 0.5) is 4.79 Å². The molecule has 1 saturated heterocycles. The minimum atomic E-state index is -0.736. The van der Waals surface area contributed by atoms with Gasteiger partial charge in [0, 0.05) is 30.3 Å². The van der Waals surface area contributed by atoms with Crippen molar-refractivity contribution < 1.29 is 19.9 Å². The van der Waals surface area contributed by atoms with Gasteiger partial charge in [0.2, 0.25) is 0 Å². The molecule has 0 aliphatic carbocycles. The van der Waals surface area contributed by atoms with E-state index in [2.05, 4.69) is 0 Å². The molecule has 3 amide bonds. The number of aromatic hydroxyl groups is 1. The summed E-state index contributed by atoms with van der Waals surface area (Å²) in [4.78, 5) is 25.5. The van der Waals surface area contributed by atoms with Crippen LogP contribution in [0.15, 0.2) is 17.7 Å². The Hall–Kier alpha value is -2.34. The number of rotatable bonds is 1. The third-order valence-electron chi connectivity index (χ3n) is 4.72. The minimum absolute atomic E-state index is 0.241. The summed E-state index contributed by atoms with van der Waals surface area (Å²) in [6, 6.07) is 3.06. The van der Waals surface area contributed by atoms with Crippen LogP contribution in [-0.2, 0) is 15.6 Å². The summed E-state index contributed by atoms with van der Waals surface area (Å²) in [5.41, 5.74) is 2.43. The molecular formula is C21H30N2O4. The molecule has 2 N–H and O–H groups in total. The zero-order valence-corrected chi connectivity index (χ0v) is 17.3. The highest BCUT2D eigenvalue weighted by molar-refractivity contribution is 6.08. The number of carbonyl (C=O) groups excluding carboxylic acids is 2. The first-order chi connectivity index (χ1) is 12.2. The lowest BCUT2D eigenvalue weighted by atomic mass is 9.78. The number of phenols is 1. The molecule has 0 atom stereocenters. The maximum absolute atomic E-state index is 12.5. The van der Waals surface area contributed by atoms with Crippen molar-refractivity contribution in [3.63, 3.8) is 0 Å². The van der Waals surface area contributed by atoms with Gasteiger partial charge in [-0.15, -0.1) is 0 Å². The van der Waals surface area contributed by atoms with E-state index in [0.717, 1.165) is 21.6 Å². The van der Waals surface area contributed by atoms with E-state index in [-0.39, 0.29) is 23.1 Å². The molecule has 148 valence electrons. The number of imide groups is 1. The molecule has 0 bridgehead atoms. The smallest absolute Gasteiger partial charge is 0.350 e. The van der Waals surface area contributed by atoms with Crippen molar-refractivity contribution in [1.82, 2.24) is 9.96 Å². The Morgan fingerprint density at radius 2 is 1.59 bits per heavy atom. The fraction of sp³-hybridized carbons (Fsp3) is 0.524. The number of benzene rings is 1. The number of carbonyl (C=O) groups is 2. The highest BCUT2D eigenvalue weighted by Crippen LogP contribution is 2.40. The van der Waals surface area contributed by atoms with Crippen LogP contribution >= 0.6 is 0 Å². The zero-order valence-electron chi connectivity index (χ0n) is 17.3. The second-order valence-electron chi connectivity index (χ2n) is 9.15. The predicted molar refractivity (Wildman–Crippen MR) is 105 cm³/mol.